The number of amides is 1. The summed E-state index contributed by atoms with van der Waals surface area (Å²) in [5.74, 6) is -0.430. The maximum absolute atomic E-state index is 12.6. The molecule has 1 atom stereocenters. The molecule has 2 aromatic carbocycles. The first-order valence-corrected chi connectivity index (χ1v) is 9.82. The first kappa shape index (κ1) is 20.1. The lowest BCUT2D eigenvalue weighted by Crippen LogP contribution is -2.24. The number of aliphatic hydroxyl groups is 1. The summed E-state index contributed by atoms with van der Waals surface area (Å²) in [6.07, 6.45) is 0. The Morgan fingerprint density at radius 2 is 1.86 bits per heavy atom. The molecule has 1 amide bonds. The Labute approximate surface area is 172 Å². The molecule has 6 heteroatoms. The fourth-order valence-corrected chi connectivity index (χ4v) is 3.56. The lowest BCUT2D eigenvalue weighted by molar-refractivity contribution is -0.139. The predicted molar refractivity (Wildman–Crippen MR) is 111 cm³/mol. The molecular formula is C22H22BrNO4. The Hall–Kier alpha value is -2.60. The van der Waals surface area contributed by atoms with Gasteiger partial charge in [0.15, 0.2) is 0 Å². The van der Waals surface area contributed by atoms with Gasteiger partial charge in [-0.3, -0.25) is 9.59 Å². The molecule has 2 aromatic rings. The van der Waals surface area contributed by atoms with Crippen molar-refractivity contribution in [1.29, 1.82) is 0 Å². The van der Waals surface area contributed by atoms with Gasteiger partial charge in [-0.25, -0.2) is 0 Å². The van der Waals surface area contributed by atoms with Crippen LogP contribution in [0.5, 0.6) is 5.75 Å². The highest BCUT2D eigenvalue weighted by Crippen LogP contribution is 2.39. The van der Waals surface area contributed by atoms with Crippen LogP contribution >= 0.6 is 15.9 Å². The zero-order valence-corrected chi connectivity index (χ0v) is 17.6. The first-order chi connectivity index (χ1) is 13.3. The van der Waals surface area contributed by atoms with Crippen LogP contribution < -0.4 is 4.74 Å². The number of likely N-dealkylation sites (N-methyl/N-ethyl adjacent to an activating group) is 1. The number of hydrogen-bond donors (Lipinski definition) is 1. The summed E-state index contributed by atoms with van der Waals surface area (Å²) in [4.78, 5) is 26.3. The van der Waals surface area contributed by atoms with E-state index in [9.17, 15) is 14.7 Å². The molecule has 1 N–H and O–H groups in total. The molecule has 0 spiro atoms. The van der Waals surface area contributed by atoms with Gasteiger partial charge in [0.2, 0.25) is 0 Å². The summed E-state index contributed by atoms with van der Waals surface area (Å²) in [6.45, 7) is 4.72. The van der Waals surface area contributed by atoms with Crippen LogP contribution in [0.1, 0.15) is 31.0 Å². The van der Waals surface area contributed by atoms with Crippen LogP contribution in [0, 0.1) is 5.92 Å². The minimum absolute atomic E-state index is 0.0847. The Kier molecular flexibility index (Phi) is 5.89. The van der Waals surface area contributed by atoms with Crippen molar-refractivity contribution in [2.45, 2.75) is 19.9 Å². The number of Topliss-reactive ketones (excluding diaryl/α,β-unsaturated/α-hetero) is 1. The number of nitrogens with zero attached hydrogens (tertiary/aromatic N) is 1. The summed E-state index contributed by atoms with van der Waals surface area (Å²) in [5, 5.41) is 10.9. The van der Waals surface area contributed by atoms with Gasteiger partial charge >= 0.3 is 0 Å². The van der Waals surface area contributed by atoms with Gasteiger partial charge < -0.3 is 14.7 Å². The minimum atomic E-state index is -0.690. The number of carbonyl (C=O) groups excluding carboxylic acids is 2. The predicted octanol–water partition coefficient (Wildman–Crippen LogP) is 4.54. The van der Waals surface area contributed by atoms with Crippen LogP contribution in [0.2, 0.25) is 0 Å². The summed E-state index contributed by atoms with van der Waals surface area (Å²) in [6, 6.07) is 13.6. The van der Waals surface area contributed by atoms with Crippen molar-refractivity contribution in [3.63, 3.8) is 0 Å². The number of carbonyl (C=O) groups is 2. The number of aliphatic hydroxyl groups excluding tert-OH is 1. The van der Waals surface area contributed by atoms with Crippen LogP contribution in [-0.2, 0) is 9.59 Å². The first-order valence-electron chi connectivity index (χ1n) is 9.03. The highest BCUT2D eigenvalue weighted by Gasteiger charge is 2.44. The van der Waals surface area contributed by atoms with Crippen LogP contribution in [0.15, 0.2) is 58.6 Å². The van der Waals surface area contributed by atoms with Gasteiger partial charge in [-0.15, -0.1) is 0 Å². The van der Waals surface area contributed by atoms with Gasteiger partial charge in [-0.2, -0.15) is 0 Å². The zero-order chi connectivity index (χ0) is 20.4. The van der Waals surface area contributed by atoms with Crippen LogP contribution in [0.3, 0.4) is 0 Å². The van der Waals surface area contributed by atoms with E-state index in [-0.39, 0.29) is 11.3 Å². The fourth-order valence-electron chi connectivity index (χ4n) is 3.14. The third-order valence-electron chi connectivity index (χ3n) is 4.55. The quantitative estimate of drug-likeness (QED) is 0.418. The van der Waals surface area contributed by atoms with Crippen LogP contribution in [0.25, 0.3) is 5.76 Å². The summed E-state index contributed by atoms with van der Waals surface area (Å²) in [7, 11) is 1.56. The average molecular weight is 444 g/mol. The van der Waals surface area contributed by atoms with E-state index < -0.39 is 17.7 Å². The molecule has 1 heterocycles. The number of likely N-dealkylation sites (tertiary alicyclic amines) is 1. The number of ketones is 1. The number of benzene rings is 2. The van der Waals surface area contributed by atoms with E-state index in [0.717, 1.165) is 10.0 Å². The van der Waals surface area contributed by atoms with Crippen LogP contribution in [0.4, 0.5) is 0 Å². The zero-order valence-electron chi connectivity index (χ0n) is 16.0. The number of halogens is 1. The standard InChI is InChI=1S/C22H22BrNO4/c1-13(2)12-28-17-9-7-14(8-10-17)20(25)18-19(24(3)22(27)21(18)26)15-5-4-6-16(23)11-15/h4-11,13,19,25H,12H2,1-3H3/b20-18-. The fraction of sp³-hybridized carbons (Fsp3) is 0.273. The van der Waals surface area contributed by atoms with E-state index in [2.05, 4.69) is 29.8 Å². The Balaban J connectivity index is 2.00. The van der Waals surface area contributed by atoms with Gasteiger partial charge in [0.1, 0.15) is 11.5 Å². The Bertz CT molecular complexity index is 934. The Morgan fingerprint density at radius 1 is 1.18 bits per heavy atom. The molecule has 1 fully saturated rings. The normalized spacial score (nSPS) is 18.8. The summed E-state index contributed by atoms with van der Waals surface area (Å²) in [5.41, 5.74) is 1.29. The monoisotopic (exact) mass is 443 g/mol. The third-order valence-corrected chi connectivity index (χ3v) is 5.04. The number of ether oxygens (including phenoxy) is 1. The van der Waals surface area contributed by atoms with Crippen molar-refractivity contribution in [1.82, 2.24) is 4.90 Å². The molecule has 1 unspecified atom stereocenters. The summed E-state index contributed by atoms with van der Waals surface area (Å²) < 4.78 is 6.48. The van der Waals surface area contributed by atoms with E-state index in [4.69, 9.17) is 4.74 Å². The van der Waals surface area contributed by atoms with Crippen molar-refractivity contribution < 1.29 is 19.4 Å². The molecule has 146 valence electrons. The number of hydrogen-bond acceptors (Lipinski definition) is 4. The molecule has 1 saturated heterocycles. The molecule has 3 rings (SSSR count). The Morgan fingerprint density at radius 3 is 2.46 bits per heavy atom. The molecule has 0 radical (unpaired) electrons. The van der Waals surface area contributed by atoms with Crippen molar-refractivity contribution >= 4 is 33.4 Å². The van der Waals surface area contributed by atoms with Gasteiger partial charge in [-0.05, 0) is 47.9 Å². The smallest absolute Gasteiger partial charge is 0.295 e. The van der Waals surface area contributed by atoms with E-state index in [1.165, 1.54) is 4.90 Å². The SMILES string of the molecule is CC(C)COc1ccc(/C(O)=C2/C(=O)C(=O)N(C)C2c2cccc(Br)c2)cc1. The van der Waals surface area contributed by atoms with Gasteiger partial charge in [0.25, 0.3) is 11.7 Å². The molecule has 0 saturated carbocycles. The molecule has 0 aliphatic carbocycles. The molecule has 1 aliphatic rings. The van der Waals surface area contributed by atoms with Crippen molar-refractivity contribution in [3.8, 4) is 5.75 Å². The highest BCUT2D eigenvalue weighted by atomic mass is 79.9. The molecular weight excluding hydrogens is 422 g/mol. The van der Waals surface area contributed by atoms with E-state index >= 15 is 0 Å². The largest absolute Gasteiger partial charge is 0.507 e. The second-order valence-electron chi connectivity index (χ2n) is 7.19. The molecule has 28 heavy (non-hydrogen) atoms. The lowest BCUT2D eigenvalue weighted by Gasteiger charge is -2.21. The second kappa shape index (κ2) is 8.19. The van der Waals surface area contributed by atoms with E-state index in [0.29, 0.717) is 23.8 Å². The van der Waals surface area contributed by atoms with Crippen LogP contribution in [-0.4, -0.2) is 35.4 Å². The van der Waals surface area contributed by atoms with Crippen molar-refractivity contribution in [2.75, 3.05) is 13.7 Å². The maximum atomic E-state index is 12.6. The van der Waals surface area contributed by atoms with E-state index in [1.54, 1.807) is 31.3 Å². The van der Waals surface area contributed by atoms with E-state index in [1.807, 2.05) is 24.3 Å². The minimum Gasteiger partial charge on any atom is -0.507 e. The third kappa shape index (κ3) is 3.97. The molecule has 1 aliphatic heterocycles. The van der Waals surface area contributed by atoms with Crippen molar-refractivity contribution in [2.24, 2.45) is 5.92 Å². The second-order valence-corrected chi connectivity index (χ2v) is 8.11. The van der Waals surface area contributed by atoms with Gasteiger partial charge in [0.05, 0.1) is 18.2 Å². The molecule has 0 aromatic heterocycles. The van der Waals surface area contributed by atoms with Crippen molar-refractivity contribution in [3.05, 3.63) is 69.7 Å². The van der Waals surface area contributed by atoms with Gasteiger partial charge in [-0.1, -0.05) is 41.9 Å². The lowest BCUT2D eigenvalue weighted by atomic mass is 9.95. The maximum Gasteiger partial charge on any atom is 0.295 e. The topological polar surface area (TPSA) is 66.8 Å². The average Bonchev–Trinajstić information content (AvgIpc) is 2.90. The molecule has 5 nitrogen and oxygen atoms in total. The van der Waals surface area contributed by atoms with Gasteiger partial charge in [0, 0.05) is 17.1 Å². The number of rotatable bonds is 5. The molecule has 0 bridgehead atoms. The highest BCUT2D eigenvalue weighted by molar-refractivity contribution is 9.10. The summed E-state index contributed by atoms with van der Waals surface area (Å²) >= 11 is 3.41.